The third-order valence-electron chi connectivity index (χ3n) is 4.15. The van der Waals surface area contributed by atoms with Crippen LogP contribution in [0.5, 0.6) is 0 Å². The minimum Gasteiger partial charge on any atom is -0.411 e. The lowest BCUT2D eigenvalue weighted by Gasteiger charge is -2.40. The van der Waals surface area contributed by atoms with Crippen LogP contribution in [0.15, 0.2) is 12.7 Å². The molecule has 0 spiro atoms. The highest BCUT2D eigenvalue weighted by atomic mass is 28.4. The van der Waals surface area contributed by atoms with Gasteiger partial charge in [0.25, 0.3) is 0 Å². The van der Waals surface area contributed by atoms with Crippen LogP contribution in [0, 0.1) is 0 Å². The number of rotatable bonds is 4. The summed E-state index contributed by atoms with van der Waals surface area (Å²) in [5.41, 5.74) is 0. The van der Waals surface area contributed by atoms with Crippen LogP contribution in [0.4, 0.5) is 0 Å². The first-order chi connectivity index (χ1) is 8.39. The molecule has 0 radical (unpaired) electrons. The largest absolute Gasteiger partial charge is 0.411 e. The Labute approximate surface area is 119 Å². The number of hydrogen-bond acceptors (Lipinski definition) is 3. The zero-order valence-electron chi connectivity index (χ0n) is 13.7. The maximum absolute atomic E-state index is 6.40. The van der Waals surface area contributed by atoms with Gasteiger partial charge in [0.05, 0.1) is 6.10 Å². The molecule has 112 valence electrons. The van der Waals surface area contributed by atoms with Crippen LogP contribution in [-0.2, 0) is 13.9 Å². The quantitative estimate of drug-likeness (QED) is 0.575. The Morgan fingerprint density at radius 1 is 1.26 bits per heavy atom. The van der Waals surface area contributed by atoms with E-state index in [-0.39, 0.29) is 23.4 Å². The second kappa shape index (κ2) is 5.32. The molecule has 1 aliphatic heterocycles. The SMILES string of the molecule is C=C[C@H]1OC(C)(C)O[C@H]1[C@@H](C)O[Si](C)(C)C(C)(C)C. The molecule has 1 saturated heterocycles. The lowest BCUT2D eigenvalue weighted by Crippen LogP contribution is -2.48. The van der Waals surface area contributed by atoms with E-state index in [4.69, 9.17) is 13.9 Å². The Morgan fingerprint density at radius 3 is 2.21 bits per heavy atom. The summed E-state index contributed by atoms with van der Waals surface area (Å²) < 4.78 is 18.2. The lowest BCUT2D eigenvalue weighted by atomic mass is 10.1. The minimum absolute atomic E-state index is 0.00525. The van der Waals surface area contributed by atoms with Gasteiger partial charge in [0.15, 0.2) is 14.1 Å². The van der Waals surface area contributed by atoms with Crippen molar-refractivity contribution < 1.29 is 13.9 Å². The van der Waals surface area contributed by atoms with E-state index in [1.165, 1.54) is 0 Å². The molecular formula is C15H30O3Si. The maximum atomic E-state index is 6.40. The maximum Gasteiger partial charge on any atom is 0.192 e. The smallest absolute Gasteiger partial charge is 0.192 e. The first-order valence-corrected chi connectivity index (χ1v) is 9.96. The Kier molecular flexibility index (Phi) is 4.73. The molecule has 0 unspecified atom stereocenters. The third kappa shape index (κ3) is 3.91. The molecule has 0 N–H and O–H groups in total. The summed E-state index contributed by atoms with van der Waals surface area (Å²) in [5, 5.41) is 0.194. The van der Waals surface area contributed by atoms with Crippen LogP contribution in [0.25, 0.3) is 0 Å². The topological polar surface area (TPSA) is 27.7 Å². The minimum atomic E-state index is -1.79. The lowest BCUT2D eigenvalue weighted by molar-refractivity contribution is -0.151. The van der Waals surface area contributed by atoms with Crippen molar-refractivity contribution >= 4 is 8.32 Å². The normalized spacial score (nSPS) is 29.3. The molecule has 0 aromatic carbocycles. The van der Waals surface area contributed by atoms with Gasteiger partial charge in [-0.1, -0.05) is 26.8 Å². The van der Waals surface area contributed by atoms with Crippen LogP contribution in [0.2, 0.25) is 18.1 Å². The summed E-state index contributed by atoms with van der Waals surface area (Å²) in [6, 6.07) is 0. The van der Waals surface area contributed by atoms with E-state index in [0.717, 1.165) is 0 Å². The second-order valence-electron chi connectivity index (χ2n) is 7.38. The molecule has 19 heavy (non-hydrogen) atoms. The highest BCUT2D eigenvalue weighted by Crippen LogP contribution is 2.39. The standard InChI is InChI=1S/C15H30O3Si/c1-10-12-13(17-15(6,7)16-12)11(2)18-19(8,9)14(3,4)5/h10-13H,1H2,2-9H3/t11-,12-,13+/m1/s1. The molecule has 0 saturated carbocycles. The van der Waals surface area contributed by atoms with Crippen LogP contribution < -0.4 is 0 Å². The Morgan fingerprint density at radius 2 is 1.79 bits per heavy atom. The fourth-order valence-corrected chi connectivity index (χ4v) is 3.49. The van der Waals surface area contributed by atoms with Gasteiger partial charge in [0.2, 0.25) is 0 Å². The zero-order chi connectivity index (χ0) is 15.1. The predicted octanol–water partition coefficient (Wildman–Crippen LogP) is 4.10. The van der Waals surface area contributed by atoms with Crippen molar-refractivity contribution in [3.05, 3.63) is 12.7 Å². The van der Waals surface area contributed by atoms with E-state index in [0.29, 0.717) is 0 Å². The summed E-state index contributed by atoms with van der Waals surface area (Å²) in [5.74, 6) is -0.561. The first-order valence-electron chi connectivity index (χ1n) is 7.06. The predicted molar refractivity (Wildman–Crippen MR) is 81.8 cm³/mol. The molecule has 0 aromatic heterocycles. The van der Waals surface area contributed by atoms with E-state index >= 15 is 0 Å². The van der Waals surface area contributed by atoms with Crippen molar-refractivity contribution in [3.8, 4) is 0 Å². The van der Waals surface area contributed by atoms with Gasteiger partial charge in [-0.25, -0.2) is 0 Å². The number of ether oxygens (including phenoxy) is 2. The van der Waals surface area contributed by atoms with Crippen molar-refractivity contribution in [2.45, 2.75) is 83.8 Å². The van der Waals surface area contributed by atoms with E-state index in [1.54, 1.807) is 0 Å². The molecule has 0 aliphatic carbocycles. The molecule has 3 nitrogen and oxygen atoms in total. The monoisotopic (exact) mass is 286 g/mol. The van der Waals surface area contributed by atoms with E-state index in [9.17, 15) is 0 Å². The van der Waals surface area contributed by atoms with Crippen molar-refractivity contribution in [2.75, 3.05) is 0 Å². The molecule has 0 bridgehead atoms. The fraction of sp³-hybridized carbons (Fsp3) is 0.867. The van der Waals surface area contributed by atoms with E-state index in [1.807, 2.05) is 19.9 Å². The van der Waals surface area contributed by atoms with Crippen LogP contribution >= 0.6 is 0 Å². The molecular weight excluding hydrogens is 256 g/mol. The Balaban J connectivity index is 2.78. The molecule has 1 fully saturated rings. The van der Waals surface area contributed by atoms with E-state index in [2.05, 4.69) is 47.4 Å². The summed E-state index contributed by atoms with van der Waals surface area (Å²) in [7, 11) is -1.79. The number of hydrogen-bond donors (Lipinski definition) is 0. The van der Waals surface area contributed by atoms with Gasteiger partial charge in [0.1, 0.15) is 12.2 Å². The average Bonchev–Trinajstić information content (AvgIpc) is 2.51. The van der Waals surface area contributed by atoms with Crippen molar-refractivity contribution in [1.29, 1.82) is 0 Å². The average molecular weight is 286 g/mol. The van der Waals surface area contributed by atoms with Gasteiger partial charge in [-0.3, -0.25) is 0 Å². The fourth-order valence-electron chi connectivity index (χ4n) is 2.07. The molecule has 3 atom stereocenters. The van der Waals surface area contributed by atoms with Gasteiger partial charge in [-0.15, -0.1) is 6.58 Å². The van der Waals surface area contributed by atoms with Gasteiger partial charge in [-0.05, 0) is 38.9 Å². The van der Waals surface area contributed by atoms with Gasteiger partial charge in [0, 0.05) is 0 Å². The molecule has 1 heterocycles. The highest BCUT2D eigenvalue weighted by molar-refractivity contribution is 6.74. The van der Waals surface area contributed by atoms with Crippen molar-refractivity contribution in [3.63, 3.8) is 0 Å². The van der Waals surface area contributed by atoms with Crippen molar-refractivity contribution in [1.82, 2.24) is 0 Å². The van der Waals surface area contributed by atoms with Gasteiger partial charge >= 0.3 is 0 Å². The van der Waals surface area contributed by atoms with Crippen molar-refractivity contribution in [2.24, 2.45) is 0 Å². The van der Waals surface area contributed by atoms with Gasteiger partial charge < -0.3 is 13.9 Å². The highest BCUT2D eigenvalue weighted by Gasteiger charge is 2.46. The van der Waals surface area contributed by atoms with Crippen LogP contribution in [-0.4, -0.2) is 32.4 Å². The summed E-state index contributed by atoms with van der Waals surface area (Å²) in [6.07, 6.45) is 1.63. The molecule has 0 aromatic rings. The summed E-state index contributed by atoms with van der Waals surface area (Å²) in [6.45, 7) is 21.0. The third-order valence-corrected chi connectivity index (χ3v) is 8.72. The molecule has 1 aliphatic rings. The van der Waals surface area contributed by atoms with E-state index < -0.39 is 14.1 Å². The van der Waals surface area contributed by atoms with Crippen LogP contribution in [0.1, 0.15) is 41.5 Å². The molecule has 1 rings (SSSR count). The zero-order valence-corrected chi connectivity index (χ0v) is 14.7. The molecule has 0 amide bonds. The Bertz CT molecular complexity index is 331. The Hall–Kier alpha value is -0.163. The van der Waals surface area contributed by atoms with Crippen LogP contribution in [0.3, 0.4) is 0 Å². The summed E-state index contributed by atoms with van der Waals surface area (Å²) in [4.78, 5) is 0. The van der Waals surface area contributed by atoms with Gasteiger partial charge in [-0.2, -0.15) is 0 Å². The molecule has 4 heteroatoms. The summed E-state index contributed by atoms with van der Waals surface area (Å²) >= 11 is 0. The first kappa shape index (κ1) is 16.9. The second-order valence-corrected chi connectivity index (χ2v) is 12.1.